The lowest BCUT2D eigenvalue weighted by Gasteiger charge is -2.09. The number of nitrogens with one attached hydrogen (secondary N) is 1. The van der Waals surface area contributed by atoms with E-state index in [1.165, 1.54) is 30.7 Å². The first-order valence-electron chi connectivity index (χ1n) is 10.3. The molecule has 0 saturated carbocycles. The molecule has 11 heteroatoms. The molecule has 7 nitrogen and oxygen atoms in total. The number of carbonyl (C=O) groups excluding carboxylic acids is 2. The third-order valence-electron chi connectivity index (χ3n) is 4.77. The molecule has 184 valence electrons. The fourth-order valence-electron chi connectivity index (χ4n) is 3.09. The Hall–Kier alpha value is -3.30. The van der Waals surface area contributed by atoms with Crippen LogP contribution in [0.25, 0.3) is 10.1 Å². The topological polar surface area (TPSA) is 86.2 Å². The van der Waals surface area contributed by atoms with Gasteiger partial charge in [0.1, 0.15) is 10.6 Å². The van der Waals surface area contributed by atoms with Crippen LogP contribution < -0.4 is 19.6 Å². The number of amides is 1. The number of carbonyl (C=O) groups is 2. The van der Waals surface area contributed by atoms with Gasteiger partial charge in [-0.1, -0.05) is 53.0 Å². The third-order valence-corrected chi connectivity index (χ3v) is 6.95. The molecule has 36 heavy (non-hydrogen) atoms. The molecule has 3 aromatic carbocycles. The van der Waals surface area contributed by atoms with Gasteiger partial charge in [-0.25, -0.2) is 10.2 Å². The molecule has 0 spiro atoms. The molecule has 1 heterocycles. The number of hydrogen-bond acceptors (Lipinski definition) is 7. The lowest BCUT2D eigenvalue weighted by molar-refractivity contribution is -0.123. The second-order valence-electron chi connectivity index (χ2n) is 7.20. The first-order chi connectivity index (χ1) is 17.4. The van der Waals surface area contributed by atoms with Gasteiger partial charge in [-0.15, -0.1) is 11.3 Å². The van der Waals surface area contributed by atoms with Crippen molar-refractivity contribution in [2.45, 2.75) is 0 Å². The Labute approximate surface area is 225 Å². The highest BCUT2D eigenvalue weighted by Crippen LogP contribution is 2.37. The predicted octanol–water partition coefficient (Wildman–Crippen LogP) is 6.62. The van der Waals surface area contributed by atoms with E-state index in [1.54, 1.807) is 30.3 Å². The molecule has 0 atom stereocenters. The average Bonchev–Trinajstić information content (AvgIpc) is 3.21. The maximum Gasteiger partial charge on any atom is 0.355 e. The van der Waals surface area contributed by atoms with Gasteiger partial charge in [0.2, 0.25) is 0 Å². The predicted molar refractivity (Wildman–Crippen MR) is 142 cm³/mol. The summed E-state index contributed by atoms with van der Waals surface area (Å²) < 4.78 is 17.1. The number of nitrogens with zero attached hydrogens (tertiary/aromatic N) is 1. The molecule has 0 aliphatic carbocycles. The molecule has 1 N–H and O–H groups in total. The molecule has 0 saturated heterocycles. The van der Waals surface area contributed by atoms with Crippen molar-refractivity contribution in [3.8, 4) is 17.2 Å². The number of ether oxygens (including phenoxy) is 3. The van der Waals surface area contributed by atoms with Crippen LogP contribution in [-0.2, 0) is 4.79 Å². The second kappa shape index (κ2) is 11.6. The number of methoxy groups -OCH3 is 1. The standard InChI is InChI=1S/C25H17Cl3N2O5S/c1-33-20-10-14(12-29-30-22(31)13-34-18-9-7-15(26)11-17(18)27)6-8-19(20)35-25(32)24-23(28)16-4-2-3-5-21(16)36-24/h2-12H,13H2,1H3,(H,30,31). The van der Waals surface area contributed by atoms with Crippen LogP contribution in [0.3, 0.4) is 0 Å². The maximum absolute atomic E-state index is 12.8. The minimum atomic E-state index is -0.589. The molecule has 0 aliphatic rings. The highest BCUT2D eigenvalue weighted by Gasteiger charge is 2.20. The van der Waals surface area contributed by atoms with Crippen LogP contribution in [0.1, 0.15) is 15.2 Å². The Morgan fingerprint density at radius 3 is 2.53 bits per heavy atom. The van der Waals surface area contributed by atoms with Gasteiger partial charge in [0.15, 0.2) is 18.1 Å². The Morgan fingerprint density at radius 2 is 1.78 bits per heavy atom. The van der Waals surface area contributed by atoms with Gasteiger partial charge in [-0.2, -0.15) is 5.10 Å². The lowest BCUT2D eigenvalue weighted by Crippen LogP contribution is -2.24. The van der Waals surface area contributed by atoms with E-state index in [1.807, 2.05) is 24.3 Å². The van der Waals surface area contributed by atoms with Crippen LogP contribution in [0.5, 0.6) is 17.2 Å². The highest BCUT2D eigenvalue weighted by atomic mass is 35.5. The summed E-state index contributed by atoms with van der Waals surface area (Å²) in [5.41, 5.74) is 2.95. The third kappa shape index (κ3) is 6.09. The van der Waals surface area contributed by atoms with Crippen LogP contribution in [0.4, 0.5) is 0 Å². The normalized spacial score (nSPS) is 11.0. The van der Waals surface area contributed by atoms with E-state index in [4.69, 9.17) is 49.0 Å². The lowest BCUT2D eigenvalue weighted by atomic mass is 10.2. The fraction of sp³-hybridized carbons (Fsp3) is 0.0800. The summed E-state index contributed by atoms with van der Waals surface area (Å²) in [6.45, 7) is -0.294. The second-order valence-corrected chi connectivity index (χ2v) is 9.47. The van der Waals surface area contributed by atoms with Gasteiger partial charge in [0.05, 0.1) is 23.4 Å². The van der Waals surface area contributed by atoms with Crippen molar-refractivity contribution in [1.82, 2.24) is 5.43 Å². The summed E-state index contributed by atoms with van der Waals surface area (Å²) in [6.07, 6.45) is 1.41. The zero-order valence-electron chi connectivity index (χ0n) is 18.6. The number of halogens is 3. The quantitative estimate of drug-likeness (QED) is 0.113. The Morgan fingerprint density at radius 1 is 1.00 bits per heavy atom. The van der Waals surface area contributed by atoms with E-state index < -0.39 is 11.9 Å². The van der Waals surface area contributed by atoms with Crippen molar-refractivity contribution in [1.29, 1.82) is 0 Å². The largest absolute Gasteiger partial charge is 0.493 e. The van der Waals surface area contributed by atoms with E-state index in [-0.39, 0.29) is 12.4 Å². The van der Waals surface area contributed by atoms with Gasteiger partial charge >= 0.3 is 5.97 Å². The van der Waals surface area contributed by atoms with Gasteiger partial charge in [-0.3, -0.25) is 4.79 Å². The van der Waals surface area contributed by atoms with E-state index in [0.29, 0.717) is 37.0 Å². The molecular formula is C25H17Cl3N2O5S. The van der Waals surface area contributed by atoms with Crippen LogP contribution in [0.2, 0.25) is 15.1 Å². The number of thiophene rings is 1. The van der Waals surface area contributed by atoms with Crippen molar-refractivity contribution in [2.24, 2.45) is 5.10 Å². The first kappa shape index (κ1) is 25.8. The number of hydrazone groups is 1. The molecule has 0 radical (unpaired) electrons. The summed E-state index contributed by atoms with van der Waals surface area (Å²) in [6, 6.07) is 17.0. The van der Waals surface area contributed by atoms with E-state index >= 15 is 0 Å². The molecule has 4 aromatic rings. The Kier molecular flexibility index (Phi) is 8.32. The SMILES string of the molecule is COc1cc(C=NNC(=O)COc2ccc(Cl)cc2Cl)ccc1OC(=O)c1sc2ccccc2c1Cl. The van der Waals surface area contributed by atoms with Gasteiger partial charge in [-0.05, 0) is 48.0 Å². The van der Waals surface area contributed by atoms with Crippen molar-refractivity contribution >= 4 is 74.3 Å². The van der Waals surface area contributed by atoms with Crippen molar-refractivity contribution < 1.29 is 23.8 Å². The number of fused-ring (bicyclic) bond motifs is 1. The fourth-order valence-corrected chi connectivity index (χ4v) is 4.93. The molecule has 0 bridgehead atoms. The zero-order valence-corrected chi connectivity index (χ0v) is 21.7. The van der Waals surface area contributed by atoms with Crippen LogP contribution in [-0.4, -0.2) is 31.8 Å². The number of rotatable bonds is 8. The number of esters is 1. The first-order valence-corrected chi connectivity index (χ1v) is 12.3. The van der Waals surface area contributed by atoms with Crippen LogP contribution in [0, 0.1) is 0 Å². The Bertz CT molecular complexity index is 1470. The van der Waals surface area contributed by atoms with Crippen molar-refractivity contribution in [3.05, 3.63) is 86.2 Å². The molecule has 4 rings (SSSR count). The van der Waals surface area contributed by atoms with Crippen LogP contribution >= 0.6 is 46.1 Å². The molecule has 0 unspecified atom stereocenters. The van der Waals surface area contributed by atoms with Crippen LogP contribution in [0.15, 0.2) is 65.8 Å². The highest BCUT2D eigenvalue weighted by molar-refractivity contribution is 7.21. The summed E-state index contributed by atoms with van der Waals surface area (Å²) in [7, 11) is 1.45. The minimum absolute atomic E-state index is 0.213. The molecule has 0 fully saturated rings. The van der Waals surface area contributed by atoms with E-state index in [0.717, 1.165) is 10.1 Å². The minimum Gasteiger partial charge on any atom is -0.493 e. The monoisotopic (exact) mass is 562 g/mol. The van der Waals surface area contributed by atoms with Crippen molar-refractivity contribution in [2.75, 3.05) is 13.7 Å². The summed E-state index contributed by atoms with van der Waals surface area (Å²) in [4.78, 5) is 25.1. The Balaban J connectivity index is 1.37. The van der Waals surface area contributed by atoms with Crippen molar-refractivity contribution in [3.63, 3.8) is 0 Å². The molecule has 1 amide bonds. The van der Waals surface area contributed by atoms with Gasteiger partial charge < -0.3 is 14.2 Å². The summed E-state index contributed by atoms with van der Waals surface area (Å²) in [5, 5.41) is 5.79. The summed E-state index contributed by atoms with van der Waals surface area (Å²) >= 11 is 19.5. The molecule has 1 aromatic heterocycles. The summed E-state index contributed by atoms with van der Waals surface area (Å²) in [5.74, 6) is -0.238. The average molecular weight is 564 g/mol. The molecular weight excluding hydrogens is 547 g/mol. The van der Waals surface area contributed by atoms with E-state index in [2.05, 4.69) is 10.5 Å². The maximum atomic E-state index is 12.8. The van der Waals surface area contributed by atoms with E-state index in [9.17, 15) is 9.59 Å². The molecule has 0 aliphatic heterocycles. The number of benzene rings is 3. The number of hydrogen-bond donors (Lipinski definition) is 1. The smallest absolute Gasteiger partial charge is 0.355 e. The van der Waals surface area contributed by atoms with Gasteiger partial charge in [0, 0.05) is 15.1 Å². The zero-order chi connectivity index (χ0) is 25.7. The van der Waals surface area contributed by atoms with Gasteiger partial charge in [0.25, 0.3) is 5.91 Å².